The van der Waals surface area contributed by atoms with Gasteiger partial charge < -0.3 is 14.0 Å². The van der Waals surface area contributed by atoms with Gasteiger partial charge in [-0.15, -0.1) is 0 Å². The lowest BCUT2D eigenvalue weighted by Gasteiger charge is -2.16. The van der Waals surface area contributed by atoms with Gasteiger partial charge in [0.25, 0.3) is 0 Å². The van der Waals surface area contributed by atoms with Crippen LogP contribution in [-0.2, 0) is 27.4 Å². The van der Waals surface area contributed by atoms with Crippen LogP contribution in [0.25, 0.3) is 22.0 Å². The molecular formula is C25H22N2O5S. The number of rotatable bonds is 7. The Bertz CT molecular complexity index is 1370. The standard InChI is InChI=1S/C25H22N2O5S/c1-16-15-33-25(30)27(16)13-12-21(28)32-14-20-23(24(29)31-2)22(17-8-4-3-5-9-17)18-10-6-7-11-19(18)26-20/h3-11,15H,12-14H2,1-2H3. The Kier molecular flexibility index (Phi) is 6.65. The first kappa shape index (κ1) is 22.4. The summed E-state index contributed by atoms with van der Waals surface area (Å²) in [6.07, 6.45) is 0.0319. The Hall–Kier alpha value is -3.78. The Balaban J connectivity index is 1.67. The van der Waals surface area contributed by atoms with Crippen molar-refractivity contribution in [1.29, 1.82) is 0 Å². The summed E-state index contributed by atoms with van der Waals surface area (Å²) in [5.74, 6) is -1.04. The van der Waals surface area contributed by atoms with Crippen molar-refractivity contribution < 1.29 is 19.1 Å². The Morgan fingerprint density at radius 1 is 1.06 bits per heavy atom. The maximum atomic E-state index is 12.8. The van der Waals surface area contributed by atoms with E-state index in [1.165, 1.54) is 11.7 Å². The Morgan fingerprint density at radius 2 is 1.79 bits per heavy atom. The zero-order valence-corrected chi connectivity index (χ0v) is 19.1. The lowest BCUT2D eigenvalue weighted by molar-refractivity contribution is -0.145. The molecule has 168 valence electrons. The van der Waals surface area contributed by atoms with Gasteiger partial charge in [0, 0.05) is 28.6 Å². The van der Waals surface area contributed by atoms with E-state index in [0.717, 1.165) is 28.0 Å². The largest absolute Gasteiger partial charge is 0.465 e. The number of fused-ring (bicyclic) bond motifs is 1. The molecule has 0 aliphatic rings. The second-order valence-electron chi connectivity index (χ2n) is 7.39. The van der Waals surface area contributed by atoms with Gasteiger partial charge in [0.1, 0.15) is 6.61 Å². The fraction of sp³-hybridized carbons (Fsp3) is 0.200. The highest BCUT2D eigenvalue weighted by molar-refractivity contribution is 7.07. The van der Waals surface area contributed by atoms with Crippen molar-refractivity contribution in [2.75, 3.05) is 7.11 Å². The number of benzene rings is 2. The molecule has 0 N–H and O–H groups in total. The van der Waals surface area contributed by atoms with Crippen LogP contribution in [0.1, 0.15) is 28.2 Å². The molecule has 2 aromatic heterocycles. The van der Waals surface area contributed by atoms with Crippen molar-refractivity contribution in [2.24, 2.45) is 0 Å². The molecule has 4 rings (SSSR count). The zero-order valence-electron chi connectivity index (χ0n) is 18.2. The minimum atomic E-state index is -0.557. The van der Waals surface area contributed by atoms with E-state index in [1.807, 2.05) is 61.5 Å². The first-order valence-corrected chi connectivity index (χ1v) is 11.2. The number of aromatic nitrogens is 2. The van der Waals surface area contributed by atoms with Crippen LogP contribution in [0.4, 0.5) is 0 Å². The smallest absolute Gasteiger partial charge is 0.340 e. The van der Waals surface area contributed by atoms with Crippen molar-refractivity contribution in [1.82, 2.24) is 9.55 Å². The van der Waals surface area contributed by atoms with Gasteiger partial charge in [0.15, 0.2) is 0 Å². The van der Waals surface area contributed by atoms with E-state index in [1.54, 1.807) is 5.38 Å². The minimum Gasteiger partial charge on any atom is -0.465 e. The quantitative estimate of drug-likeness (QED) is 0.380. The Morgan fingerprint density at radius 3 is 2.48 bits per heavy atom. The first-order valence-electron chi connectivity index (χ1n) is 10.4. The van der Waals surface area contributed by atoms with E-state index >= 15 is 0 Å². The average molecular weight is 463 g/mol. The highest BCUT2D eigenvalue weighted by Crippen LogP contribution is 2.34. The number of thiazole rings is 1. The average Bonchev–Trinajstić information content (AvgIpc) is 3.17. The lowest BCUT2D eigenvalue weighted by atomic mass is 9.94. The number of carbonyl (C=O) groups excluding carboxylic acids is 2. The fourth-order valence-corrected chi connectivity index (χ4v) is 4.45. The summed E-state index contributed by atoms with van der Waals surface area (Å²) in [6.45, 7) is 1.86. The molecule has 0 atom stereocenters. The van der Waals surface area contributed by atoms with Crippen molar-refractivity contribution in [3.63, 3.8) is 0 Å². The minimum absolute atomic E-state index is 0.0319. The zero-order chi connectivity index (χ0) is 23.4. The molecule has 0 aliphatic heterocycles. The predicted octanol–water partition coefficient (Wildman–Crippen LogP) is 4.35. The van der Waals surface area contributed by atoms with Crippen molar-refractivity contribution in [3.05, 3.63) is 86.6 Å². The number of para-hydroxylation sites is 1. The van der Waals surface area contributed by atoms with Crippen LogP contribution in [0.5, 0.6) is 0 Å². The summed E-state index contributed by atoms with van der Waals surface area (Å²) in [4.78, 5) is 41.6. The number of carbonyl (C=O) groups is 2. The molecule has 8 heteroatoms. The molecule has 0 spiro atoms. The topological polar surface area (TPSA) is 87.5 Å². The second-order valence-corrected chi connectivity index (χ2v) is 8.21. The number of hydrogen-bond donors (Lipinski definition) is 0. The molecule has 0 saturated heterocycles. The number of esters is 2. The van der Waals surface area contributed by atoms with Crippen LogP contribution in [0, 0.1) is 6.92 Å². The van der Waals surface area contributed by atoms with E-state index in [4.69, 9.17) is 9.47 Å². The van der Waals surface area contributed by atoms with Crippen LogP contribution in [-0.4, -0.2) is 28.6 Å². The summed E-state index contributed by atoms with van der Waals surface area (Å²) < 4.78 is 12.1. The molecule has 0 unspecified atom stereocenters. The maximum absolute atomic E-state index is 12.8. The van der Waals surface area contributed by atoms with E-state index < -0.39 is 11.9 Å². The second kappa shape index (κ2) is 9.79. The summed E-state index contributed by atoms with van der Waals surface area (Å²) in [6, 6.07) is 17.0. The number of hydrogen-bond acceptors (Lipinski definition) is 7. The van der Waals surface area contributed by atoms with Crippen molar-refractivity contribution >= 4 is 34.2 Å². The van der Waals surface area contributed by atoms with Gasteiger partial charge in [-0.1, -0.05) is 59.9 Å². The molecule has 0 aliphatic carbocycles. The summed E-state index contributed by atoms with van der Waals surface area (Å²) in [7, 11) is 1.31. The van der Waals surface area contributed by atoms with Gasteiger partial charge in [0.05, 0.1) is 30.3 Å². The van der Waals surface area contributed by atoms with Crippen LogP contribution in [0.2, 0.25) is 0 Å². The highest BCUT2D eigenvalue weighted by atomic mass is 32.1. The summed E-state index contributed by atoms with van der Waals surface area (Å²) in [5, 5.41) is 2.55. The molecule has 0 amide bonds. The van der Waals surface area contributed by atoms with Crippen LogP contribution < -0.4 is 4.87 Å². The molecule has 4 aromatic rings. The third kappa shape index (κ3) is 4.70. The van der Waals surface area contributed by atoms with Crippen molar-refractivity contribution in [2.45, 2.75) is 26.5 Å². The highest BCUT2D eigenvalue weighted by Gasteiger charge is 2.23. The molecule has 33 heavy (non-hydrogen) atoms. The third-order valence-electron chi connectivity index (χ3n) is 5.31. The van der Waals surface area contributed by atoms with Gasteiger partial charge in [-0.05, 0) is 18.6 Å². The SMILES string of the molecule is COC(=O)c1c(COC(=O)CCn2c(C)csc2=O)nc2ccccc2c1-c1ccccc1. The molecule has 2 heterocycles. The molecule has 7 nitrogen and oxygen atoms in total. The molecule has 0 bridgehead atoms. The van der Waals surface area contributed by atoms with Crippen LogP contribution >= 0.6 is 11.3 Å². The van der Waals surface area contributed by atoms with Gasteiger partial charge in [-0.2, -0.15) is 0 Å². The van der Waals surface area contributed by atoms with Crippen LogP contribution in [0.3, 0.4) is 0 Å². The lowest BCUT2D eigenvalue weighted by Crippen LogP contribution is -2.18. The van der Waals surface area contributed by atoms with Gasteiger partial charge >= 0.3 is 16.8 Å². The van der Waals surface area contributed by atoms with E-state index in [0.29, 0.717) is 16.8 Å². The van der Waals surface area contributed by atoms with Gasteiger partial charge in [-0.3, -0.25) is 9.59 Å². The molecular weight excluding hydrogens is 440 g/mol. The summed E-state index contributed by atoms with van der Waals surface area (Å²) in [5.41, 5.74) is 3.57. The normalized spacial score (nSPS) is 10.8. The van der Waals surface area contributed by atoms with Crippen molar-refractivity contribution in [3.8, 4) is 11.1 Å². The predicted molar refractivity (Wildman–Crippen MR) is 126 cm³/mol. The molecule has 2 aromatic carbocycles. The molecule has 0 radical (unpaired) electrons. The first-order chi connectivity index (χ1) is 16.0. The van der Waals surface area contributed by atoms with E-state index in [9.17, 15) is 14.4 Å². The summed E-state index contributed by atoms with van der Waals surface area (Å²) >= 11 is 1.10. The monoisotopic (exact) mass is 462 g/mol. The van der Waals surface area contributed by atoms with E-state index in [-0.39, 0.29) is 30.0 Å². The number of pyridine rings is 1. The van der Waals surface area contributed by atoms with Gasteiger partial charge in [-0.25, -0.2) is 9.78 Å². The van der Waals surface area contributed by atoms with Gasteiger partial charge in [0.2, 0.25) is 0 Å². The third-order valence-corrected chi connectivity index (χ3v) is 6.19. The van der Waals surface area contributed by atoms with E-state index in [2.05, 4.69) is 4.98 Å². The fourth-order valence-electron chi connectivity index (χ4n) is 3.69. The number of nitrogens with zero attached hydrogens (tertiary/aromatic N) is 2. The van der Waals surface area contributed by atoms with Crippen LogP contribution in [0.15, 0.2) is 64.8 Å². The maximum Gasteiger partial charge on any atom is 0.340 e. The number of methoxy groups -OCH3 is 1. The molecule has 0 fully saturated rings. The molecule has 0 saturated carbocycles. The number of ether oxygens (including phenoxy) is 2. The Labute approximate surface area is 194 Å². The number of aryl methyl sites for hydroxylation is 1.